The highest BCUT2D eigenvalue weighted by molar-refractivity contribution is 6.00. The van der Waals surface area contributed by atoms with Crippen molar-refractivity contribution in [1.82, 2.24) is 24.6 Å². The number of carbonyl (C=O) groups is 1. The molecule has 7 heteroatoms. The Hall–Kier alpha value is -4.52. The molecule has 0 unspecified atom stereocenters. The third kappa shape index (κ3) is 4.75. The first kappa shape index (κ1) is 22.3. The molecule has 0 radical (unpaired) electrons. The summed E-state index contributed by atoms with van der Waals surface area (Å²) in [6.45, 7) is 3.30. The first-order valence-electron chi connectivity index (χ1n) is 11.6. The molecule has 0 aliphatic carbocycles. The summed E-state index contributed by atoms with van der Waals surface area (Å²) in [5.41, 5.74) is 3.98. The van der Waals surface area contributed by atoms with Crippen molar-refractivity contribution in [3.05, 3.63) is 119 Å². The van der Waals surface area contributed by atoms with Crippen LogP contribution >= 0.6 is 0 Å². The molecule has 1 N–H and O–H groups in total. The van der Waals surface area contributed by atoms with Crippen LogP contribution in [0.25, 0.3) is 22.0 Å². The fourth-order valence-electron chi connectivity index (χ4n) is 4.18. The first-order valence-corrected chi connectivity index (χ1v) is 11.6. The van der Waals surface area contributed by atoms with Crippen LogP contribution in [-0.2, 0) is 13.1 Å². The normalized spacial score (nSPS) is 11.0. The second-order valence-electron chi connectivity index (χ2n) is 8.30. The van der Waals surface area contributed by atoms with Crippen molar-refractivity contribution in [2.75, 3.05) is 6.54 Å². The largest absolute Gasteiger partial charge is 0.331 e. The molecule has 0 aliphatic rings. The lowest BCUT2D eigenvalue weighted by atomic mass is 9.97. The van der Waals surface area contributed by atoms with E-state index in [0.717, 1.165) is 16.7 Å². The molecule has 0 aliphatic heterocycles. The van der Waals surface area contributed by atoms with Crippen LogP contribution in [0.3, 0.4) is 0 Å². The standard InChI is InChI=1S/C28H25N5O2/c1-2-32(19-26-30-25-11-6-5-10-24(25)27(34)31-26)28(35)23-9-4-3-8-22(23)21-14-12-20(13-15-21)18-33-17-7-16-29-33/h3-17H,2,18-19H2,1H3,(H,30,31,34). The molecule has 0 atom stereocenters. The van der Waals surface area contributed by atoms with E-state index in [1.54, 1.807) is 23.2 Å². The molecule has 2 heterocycles. The van der Waals surface area contributed by atoms with Crippen LogP contribution < -0.4 is 5.56 Å². The predicted octanol–water partition coefficient (Wildman–Crippen LogP) is 4.50. The molecule has 7 nitrogen and oxygen atoms in total. The molecule has 0 bridgehead atoms. The number of benzene rings is 3. The number of para-hydroxylation sites is 1. The molecule has 0 fully saturated rings. The Bertz CT molecular complexity index is 1520. The molecular weight excluding hydrogens is 438 g/mol. The number of carbonyl (C=O) groups excluding carboxylic acids is 1. The molecule has 1 amide bonds. The minimum Gasteiger partial charge on any atom is -0.331 e. The SMILES string of the molecule is CCN(Cc1nc2ccccc2c(=O)[nH]1)C(=O)c1ccccc1-c1ccc(Cn2cccn2)cc1. The molecule has 35 heavy (non-hydrogen) atoms. The van der Waals surface area contributed by atoms with Crippen LogP contribution in [0.2, 0.25) is 0 Å². The van der Waals surface area contributed by atoms with E-state index < -0.39 is 0 Å². The zero-order chi connectivity index (χ0) is 24.2. The molecule has 3 aromatic carbocycles. The van der Waals surface area contributed by atoms with Crippen LogP contribution in [0.15, 0.2) is 96.1 Å². The Balaban J connectivity index is 1.41. The summed E-state index contributed by atoms with van der Waals surface area (Å²) in [5.74, 6) is 0.351. The van der Waals surface area contributed by atoms with E-state index in [0.29, 0.717) is 35.4 Å². The van der Waals surface area contributed by atoms with Crippen molar-refractivity contribution in [3.8, 4) is 11.1 Å². The molecule has 0 saturated carbocycles. The summed E-state index contributed by atoms with van der Waals surface area (Å²) in [6.07, 6.45) is 3.69. The van der Waals surface area contributed by atoms with E-state index in [9.17, 15) is 9.59 Å². The maximum atomic E-state index is 13.6. The highest BCUT2D eigenvalue weighted by Gasteiger charge is 2.20. The van der Waals surface area contributed by atoms with Gasteiger partial charge in [-0.25, -0.2) is 4.98 Å². The number of amides is 1. The molecule has 0 saturated heterocycles. The second-order valence-corrected chi connectivity index (χ2v) is 8.30. The van der Waals surface area contributed by atoms with Gasteiger partial charge in [0.15, 0.2) is 0 Å². The summed E-state index contributed by atoms with van der Waals surface area (Å²) in [5, 5.41) is 4.79. The number of hydrogen-bond donors (Lipinski definition) is 1. The maximum Gasteiger partial charge on any atom is 0.258 e. The minimum absolute atomic E-state index is 0.112. The van der Waals surface area contributed by atoms with Gasteiger partial charge in [0, 0.05) is 24.5 Å². The monoisotopic (exact) mass is 463 g/mol. The lowest BCUT2D eigenvalue weighted by Gasteiger charge is -2.22. The van der Waals surface area contributed by atoms with Gasteiger partial charge in [-0.05, 0) is 47.9 Å². The Labute approximate surface area is 202 Å². The van der Waals surface area contributed by atoms with Crippen molar-refractivity contribution in [3.63, 3.8) is 0 Å². The molecule has 0 spiro atoms. The quantitative estimate of drug-likeness (QED) is 0.385. The summed E-state index contributed by atoms with van der Waals surface area (Å²) in [6, 6.07) is 24.9. The molecule has 5 aromatic rings. The summed E-state index contributed by atoms with van der Waals surface area (Å²) < 4.78 is 1.87. The van der Waals surface area contributed by atoms with Gasteiger partial charge in [-0.3, -0.25) is 14.3 Å². The fraction of sp³-hybridized carbons (Fsp3) is 0.143. The molecule has 5 rings (SSSR count). The number of nitrogens with one attached hydrogen (secondary N) is 1. The van der Waals surface area contributed by atoms with E-state index in [4.69, 9.17) is 0 Å². The molecule has 174 valence electrons. The maximum absolute atomic E-state index is 13.6. The van der Waals surface area contributed by atoms with Crippen molar-refractivity contribution in [2.24, 2.45) is 0 Å². The number of nitrogens with zero attached hydrogens (tertiary/aromatic N) is 4. The van der Waals surface area contributed by atoms with Crippen LogP contribution in [0.4, 0.5) is 0 Å². The van der Waals surface area contributed by atoms with Crippen molar-refractivity contribution in [1.29, 1.82) is 0 Å². The van der Waals surface area contributed by atoms with Gasteiger partial charge in [0.05, 0.1) is 24.0 Å². The average molecular weight is 464 g/mol. The summed E-state index contributed by atoms with van der Waals surface area (Å²) >= 11 is 0. The van der Waals surface area contributed by atoms with Crippen LogP contribution in [0.1, 0.15) is 28.7 Å². The lowest BCUT2D eigenvalue weighted by molar-refractivity contribution is 0.0749. The van der Waals surface area contributed by atoms with Crippen molar-refractivity contribution >= 4 is 16.8 Å². The van der Waals surface area contributed by atoms with E-state index in [2.05, 4.69) is 27.2 Å². The summed E-state index contributed by atoms with van der Waals surface area (Å²) in [4.78, 5) is 35.1. The highest BCUT2D eigenvalue weighted by atomic mass is 16.2. The Morgan fingerprint density at radius 3 is 2.51 bits per heavy atom. The van der Waals surface area contributed by atoms with Crippen molar-refractivity contribution < 1.29 is 4.79 Å². The topological polar surface area (TPSA) is 83.9 Å². The number of H-pyrrole nitrogens is 1. The number of aromatic amines is 1. The highest BCUT2D eigenvalue weighted by Crippen LogP contribution is 2.26. The Morgan fingerprint density at radius 2 is 1.74 bits per heavy atom. The Kier molecular flexibility index (Phi) is 6.22. The number of fused-ring (bicyclic) bond motifs is 1. The first-order chi connectivity index (χ1) is 17.1. The number of hydrogen-bond acceptors (Lipinski definition) is 4. The third-order valence-electron chi connectivity index (χ3n) is 6.00. The van der Waals surface area contributed by atoms with Crippen LogP contribution in [0.5, 0.6) is 0 Å². The summed E-state index contributed by atoms with van der Waals surface area (Å²) in [7, 11) is 0. The van der Waals surface area contributed by atoms with Gasteiger partial charge in [0.2, 0.25) is 0 Å². The van der Waals surface area contributed by atoms with Gasteiger partial charge in [0.1, 0.15) is 5.82 Å². The third-order valence-corrected chi connectivity index (χ3v) is 6.00. The van der Waals surface area contributed by atoms with E-state index in [1.807, 2.05) is 72.4 Å². The number of rotatable bonds is 7. The smallest absolute Gasteiger partial charge is 0.258 e. The number of aromatic nitrogens is 4. The lowest BCUT2D eigenvalue weighted by Crippen LogP contribution is -2.32. The van der Waals surface area contributed by atoms with Gasteiger partial charge in [-0.15, -0.1) is 0 Å². The molecule has 2 aromatic heterocycles. The van der Waals surface area contributed by atoms with Crippen molar-refractivity contribution in [2.45, 2.75) is 20.0 Å². The second kappa shape index (κ2) is 9.77. The van der Waals surface area contributed by atoms with Gasteiger partial charge in [-0.1, -0.05) is 54.6 Å². The van der Waals surface area contributed by atoms with Crippen LogP contribution in [-0.4, -0.2) is 37.1 Å². The van der Waals surface area contributed by atoms with E-state index in [-0.39, 0.29) is 18.0 Å². The zero-order valence-electron chi connectivity index (χ0n) is 19.4. The average Bonchev–Trinajstić information content (AvgIpc) is 3.40. The Morgan fingerprint density at radius 1 is 0.971 bits per heavy atom. The predicted molar refractivity (Wildman–Crippen MR) is 136 cm³/mol. The van der Waals surface area contributed by atoms with Gasteiger partial charge >= 0.3 is 0 Å². The van der Waals surface area contributed by atoms with Gasteiger partial charge in [0.25, 0.3) is 11.5 Å². The van der Waals surface area contributed by atoms with Gasteiger partial charge in [-0.2, -0.15) is 5.10 Å². The van der Waals surface area contributed by atoms with E-state index >= 15 is 0 Å². The van der Waals surface area contributed by atoms with Gasteiger partial charge < -0.3 is 9.88 Å². The molecular formula is C28H25N5O2. The van der Waals surface area contributed by atoms with E-state index in [1.165, 1.54) is 0 Å². The zero-order valence-corrected chi connectivity index (χ0v) is 19.4. The fourth-order valence-corrected chi connectivity index (χ4v) is 4.18. The minimum atomic E-state index is -0.204. The van der Waals surface area contributed by atoms with Crippen LogP contribution in [0, 0.1) is 0 Å².